The molecule has 0 radical (unpaired) electrons. The zero-order valence-corrected chi connectivity index (χ0v) is 19.0. The molecule has 0 spiro atoms. The van der Waals surface area contributed by atoms with Crippen LogP contribution in [0.15, 0.2) is 54.9 Å². The molecule has 0 saturated heterocycles. The first-order valence-electron chi connectivity index (χ1n) is 10.00. The summed E-state index contributed by atoms with van der Waals surface area (Å²) < 4.78 is 14.5. The molecule has 33 heavy (non-hydrogen) atoms. The molecular formula is C22H20Cl2FN7O. The molecule has 1 aliphatic heterocycles. The van der Waals surface area contributed by atoms with E-state index in [1.54, 1.807) is 36.5 Å². The number of rotatable bonds is 5. The second-order valence-corrected chi connectivity index (χ2v) is 7.99. The Bertz CT molecular complexity index is 1240. The van der Waals surface area contributed by atoms with Gasteiger partial charge in [0.2, 0.25) is 5.95 Å². The summed E-state index contributed by atoms with van der Waals surface area (Å²) in [5.74, 6) is -0.422. The Morgan fingerprint density at radius 2 is 2.00 bits per heavy atom. The number of anilines is 3. The SMILES string of the molecule is CCN1C=C(c2ccc(F)c(NC(=O)Nc3ccc(Cl)c(Cl)c3)c2)C(c2ccnc(N)n2)N1. The first kappa shape index (κ1) is 22.8. The second-order valence-electron chi connectivity index (χ2n) is 7.17. The van der Waals surface area contributed by atoms with Crippen molar-refractivity contribution in [2.45, 2.75) is 13.0 Å². The van der Waals surface area contributed by atoms with Crippen molar-refractivity contribution in [3.63, 3.8) is 0 Å². The van der Waals surface area contributed by atoms with E-state index < -0.39 is 11.8 Å². The first-order chi connectivity index (χ1) is 15.8. The maximum absolute atomic E-state index is 14.5. The van der Waals surface area contributed by atoms with E-state index in [0.717, 1.165) is 5.57 Å². The van der Waals surface area contributed by atoms with Crippen LogP contribution in [0.5, 0.6) is 0 Å². The van der Waals surface area contributed by atoms with Gasteiger partial charge in [0.05, 0.1) is 27.5 Å². The van der Waals surface area contributed by atoms with Gasteiger partial charge in [-0.3, -0.25) is 0 Å². The number of carbonyl (C=O) groups is 1. The number of hydrogen-bond acceptors (Lipinski definition) is 6. The van der Waals surface area contributed by atoms with Crippen molar-refractivity contribution >= 4 is 52.1 Å². The lowest BCUT2D eigenvalue weighted by Crippen LogP contribution is -2.31. The van der Waals surface area contributed by atoms with Gasteiger partial charge in [0.15, 0.2) is 0 Å². The van der Waals surface area contributed by atoms with Gasteiger partial charge in [0.25, 0.3) is 0 Å². The lowest BCUT2D eigenvalue weighted by Gasteiger charge is -2.19. The predicted octanol–water partition coefficient (Wildman–Crippen LogP) is 5.07. The molecule has 1 aliphatic rings. The Hall–Kier alpha value is -3.40. The number of halogens is 3. The zero-order chi connectivity index (χ0) is 23.5. The van der Waals surface area contributed by atoms with Crippen LogP contribution in [0.2, 0.25) is 10.0 Å². The number of amides is 2. The van der Waals surface area contributed by atoms with Crippen LogP contribution in [0.1, 0.15) is 24.2 Å². The van der Waals surface area contributed by atoms with E-state index in [-0.39, 0.29) is 17.7 Å². The highest BCUT2D eigenvalue weighted by Gasteiger charge is 2.28. The van der Waals surface area contributed by atoms with Gasteiger partial charge in [-0.2, -0.15) is 0 Å². The Labute approximate surface area is 199 Å². The van der Waals surface area contributed by atoms with E-state index >= 15 is 0 Å². The van der Waals surface area contributed by atoms with Gasteiger partial charge < -0.3 is 21.4 Å². The van der Waals surface area contributed by atoms with Crippen LogP contribution in [0, 0.1) is 5.82 Å². The van der Waals surface area contributed by atoms with Gasteiger partial charge in [-0.15, -0.1) is 0 Å². The summed E-state index contributed by atoms with van der Waals surface area (Å²) in [6, 6.07) is 9.96. The summed E-state index contributed by atoms with van der Waals surface area (Å²) in [5, 5.41) is 7.69. The third kappa shape index (κ3) is 5.16. The summed E-state index contributed by atoms with van der Waals surface area (Å²) >= 11 is 11.9. The quantitative estimate of drug-likeness (QED) is 0.400. The Morgan fingerprint density at radius 3 is 2.73 bits per heavy atom. The molecule has 1 atom stereocenters. The maximum Gasteiger partial charge on any atom is 0.323 e. The van der Waals surface area contributed by atoms with Gasteiger partial charge in [0, 0.05) is 30.2 Å². The van der Waals surface area contributed by atoms with Crippen molar-refractivity contribution in [2.75, 3.05) is 22.9 Å². The molecule has 4 rings (SSSR count). The third-order valence-electron chi connectivity index (χ3n) is 4.96. The minimum atomic E-state index is -0.627. The standard InChI is InChI=1S/C22H20Cl2FN7O/c1-2-32-11-14(20(31-32)18-7-8-27-21(26)29-18)12-3-6-17(25)19(9-12)30-22(33)28-13-4-5-15(23)16(24)10-13/h3-11,20,31H,2H2,1H3,(H2,26,27,29)(H2,28,30,33). The van der Waals surface area contributed by atoms with E-state index in [2.05, 4.69) is 26.0 Å². The third-order valence-corrected chi connectivity index (χ3v) is 5.70. The van der Waals surface area contributed by atoms with Gasteiger partial charge in [-0.05, 0) is 48.9 Å². The number of nitrogen functional groups attached to an aromatic ring is 1. The number of nitrogens with zero attached hydrogens (tertiary/aromatic N) is 3. The highest BCUT2D eigenvalue weighted by molar-refractivity contribution is 6.42. The van der Waals surface area contributed by atoms with Gasteiger partial charge in [0.1, 0.15) is 5.82 Å². The zero-order valence-electron chi connectivity index (χ0n) is 17.4. The molecule has 0 fully saturated rings. The van der Waals surface area contributed by atoms with Crippen molar-refractivity contribution in [3.05, 3.63) is 82.0 Å². The van der Waals surface area contributed by atoms with E-state index in [4.69, 9.17) is 28.9 Å². The van der Waals surface area contributed by atoms with Crippen molar-refractivity contribution in [1.29, 1.82) is 0 Å². The van der Waals surface area contributed by atoms with E-state index in [9.17, 15) is 9.18 Å². The number of nitrogens with two attached hydrogens (primary N) is 1. The summed E-state index contributed by atoms with van der Waals surface area (Å²) in [7, 11) is 0. The van der Waals surface area contributed by atoms with Crippen molar-refractivity contribution in [2.24, 2.45) is 0 Å². The topological polar surface area (TPSA) is 108 Å². The second kappa shape index (κ2) is 9.62. The number of nitrogens with one attached hydrogen (secondary N) is 3. The molecule has 0 aliphatic carbocycles. The van der Waals surface area contributed by atoms with E-state index in [1.165, 1.54) is 12.1 Å². The predicted molar refractivity (Wildman–Crippen MR) is 128 cm³/mol. The lowest BCUT2D eigenvalue weighted by atomic mass is 9.97. The van der Waals surface area contributed by atoms with Crippen LogP contribution in [-0.4, -0.2) is 27.6 Å². The lowest BCUT2D eigenvalue weighted by molar-refractivity contribution is 0.262. The highest BCUT2D eigenvalue weighted by Crippen LogP contribution is 2.35. The van der Waals surface area contributed by atoms with Crippen LogP contribution >= 0.6 is 23.2 Å². The van der Waals surface area contributed by atoms with Gasteiger partial charge >= 0.3 is 6.03 Å². The van der Waals surface area contributed by atoms with E-state index in [0.29, 0.717) is 33.5 Å². The van der Waals surface area contributed by atoms with Crippen LogP contribution < -0.4 is 21.8 Å². The molecule has 11 heteroatoms. The average Bonchev–Trinajstić information content (AvgIpc) is 3.22. The summed E-state index contributed by atoms with van der Waals surface area (Å²) in [5.41, 5.74) is 11.7. The number of hydrogen-bond donors (Lipinski definition) is 4. The van der Waals surface area contributed by atoms with Crippen LogP contribution in [-0.2, 0) is 0 Å². The molecule has 0 saturated carbocycles. The molecule has 1 aromatic heterocycles. The number of urea groups is 1. The highest BCUT2D eigenvalue weighted by atomic mass is 35.5. The molecule has 5 N–H and O–H groups in total. The maximum atomic E-state index is 14.5. The van der Waals surface area contributed by atoms with Crippen LogP contribution in [0.3, 0.4) is 0 Å². The van der Waals surface area contributed by atoms with Crippen molar-refractivity contribution in [3.8, 4) is 0 Å². The number of benzene rings is 2. The molecule has 0 bridgehead atoms. The minimum Gasteiger partial charge on any atom is -0.368 e. The normalized spacial score (nSPS) is 15.3. The fraction of sp³-hybridized carbons (Fsp3) is 0.136. The number of hydrazine groups is 1. The molecule has 8 nitrogen and oxygen atoms in total. The summed E-state index contributed by atoms with van der Waals surface area (Å²) in [4.78, 5) is 20.7. The van der Waals surface area contributed by atoms with Gasteiger partial charge in [-0.1, -0.05) is 29.3 Å². The average molecular weight is 488 g/mol. The first-order valence-corrected chi connectivity index (χ1v) is 10.8. The Balaban J connectivity index is 1.58. The minimum absolute atomic E-state index is 0.0156. The smallest absolute Gasteiger partial charge is 0.323 e. The van der Waals surface area contributed by atoms with E-state index in [1.807, 2.05) is 18.1 Å². The monoisotopic (exact) mass is 487 g/mol. The molecule has 1 unspecified atom stereocenters. The number of aromatic nitrogens is 2. The molecular weight excluding hydrogens is 468 g/mol. The molecule has 170 valence electrons. The molecule has 2 aromatic carbocycles. The fourth-order valence-corrected chi connectivity index (χ4v) is 3.67. The van der Waals surface area contributed by atoms with Gasteiger partial charge in [-0.25, -0.2) is 24.6 Å². The van der Waals surface area contributed by atoms with Crippen molar-refractivity contribution < 1.29 is 9.18 Å². The van der Waals surface area contributed by atoms with Crippen LogP contribution in [0.4, 0.5) is 26.5 Å². The fourth-order valence-electron chi connectivity index (χ4n) is 3.37. The Morgan fingerprint density at radius 1 is 1.18 bits per heavy atom. The number of carbonyl (C=O) groups excluding carboxylic acids is 1. The molecule has 2 amide bonds. The van der Waals surface area contributed by atoms with Crippen LogP contribution in [0.25, 0.3) is 5.57 Å². The Kier molecular flexibility index (Phi) is 6.64. The molecule has 2 heterocycles. The van der Waals surface area contributed by atoms with Crippen molar-refractivity contribution in [1.82, 2.24) is 20.4 Å². The molecule has 3 aromatic rings. The summed E-state index contributed by atoms with van der Waals surface area (Å²) in [6.07, 6.45) is 3.49. The summed E-state index contributed by atoms with van der Waals surface area (Å²) in [6.45, 7) is 2.68. The largest absolute Gasteiger partial charge is 0.368 e.